The second-order valence-electron chi connectivity index (χ2n) is 5.96. The number of hydrogen-bond acceptors (Lipinski definition) is 4. The summed E-state index contributed by atoms with van der Waals surface area (Å²) in [5, 5.41) is 12.7. The van der Waals surface area contributed by atoms with Crippen molar-refractivity contribution in [3.05, 3.63) is 16.1 Å². The standard InChI is InChI=1S/C15H22N2O2S/c1-2-14-16-11(9-20-14)8-17-12-6-4-3-5-10(12)7-13(17)15(18)19/h9-10,12-13H,2-8H2,1H3,(H,18,19)/t10-,12-,13+/m1/s1. The second-order valence-corrected chi connectivity index (χ2v) is 6.90. The summed E-state index contributed by atoms with van der Waals surface area (Å²) in [5.41, 5.74) is 1.05. The summed E-state index contributed by atoms with van der Waals surface area (Å²) in [6.07, 6.45) is 6.63. The van der Waals surface area contributed by atoms with Crippen molar-refractivity contribution in [2.75, 3.05) is 0 Å². The molecule has 1 saturated heterocycles. The van der Waals surface area contributed by atoms with E-state index in [1.807, 2.05) is 0 Å². The smallest absolute Gasteiger partial charge is 0.320 e. The minimum Gasteiger partial charge on any atom is -0.480 e. The van der Waals surface area contributed by atoms with E-state index in [0.717, 1.165) is 30.0 Å². The Morgan fingerprint density at radius 3 is 3.00 bits per heavy atom. The highest BCUT2D eigenvalue weighted by Gasteiger charge is 2.45. The molecule has 0 amide bonds. The lowest BCUT2D eigenvalue weighted by Crippen LogP contribution is -2.41. The van der Waals surface area contributed by atoms with E-state index < -0.39 is 5.97 Å². The van der Waals surface area contributed by atoms with Gasteiger partial charge in [-0.25, -0.2) is 4.98 Å². The van der Waals surface area contributed by atoms with Crippen LogP contribution in [-0.2, 0) is 17.8 Å². The molecule has 1 aliphatic heterocycles. The first-order valence-corrected chi connectivity index (χ1v) is 8.48. The summed E-state index contributed by atoms with van der Waals surface area (Å²) in [6.45, 7) is 2.81. The largest absolute Gasteiger partial charge is 0.480 e. The normalized spacial score (nSPS) is 30.4. The number of aliphatic carboxylic acids is 1. The Kier molecular flexibility index (Phi) is 4.08. The first-order chi connectivity index (χ1) is 9.69. The molecule has 0 bridgehead atoms. The van der Waals surface area contributed by atoms with Crippen molar-refractivity contribution >= 4 is 17.3 Å². The molecule has 110 valence electrons. The van der Waals surface area contributed by atoms with Gasteiger partial charge in [0, 0.05) is 18.0 Å². The highest BCUT2D eigenvalue weighted by Crippen LogP contribution is 2.40. The van der Waals surface area contributed by atoms with Gasteiger partial charge in [0.05, 0.1) is 10.7 Å². The Hall–Kier alpha value is -0.940. The maximum absolute atomic E-state index is 11.5. The zero-order chi connectivity index (χ0) is 14.1. The number of carbonyl (C=O) groups is 1. The molecular formula is C15H22N2O2S. The van der Waals surface area contributed by atoms with Gasteiger partial charge in [0.2, 0.25) is 0 Å². The molecule has 2 aliphatic rings. The minimum absolute atomic E-state index is 0.310. The molecule has 1 aromatic heterocycles. The lowest BCUT2D eigenvalue weighted by atomic mass is 9.85. The van der Waals surface area contributed by atoms with Crippen molar-refractivity contribution in [3.8, 4) is 0 Å². The van der Waals surface area contributed by atoms with Crippen LogP contribution < -0.4 is 0 Å². The summed E-state index contributed by atoms with van der Waals surface area (Å²) in [6, 6.07) is 0.145. The number of likely N-dealkylation sites (tertiary alicyclic amines) is 1. The Labute approximate surface area is 123 Å². The molecule has 2 heterocycles. The highest BCUT2D eigenvalue weighted by molar-refractivity contribution is 7.09. The number of rotatable bonds is 4. The van der Waals surface area contributed by atoms with E-state index in [1.54, 1.807) is 11.3 Å². The van der Waals surface area contributed by atoms with Crippen molar-refractivity contribution in [1.29, 1.82) is 0 Å². The van der Waals surface area contributed by atoms with E-state index in [4.69, 9.17) is 0 Å². The zero-order valence-electron chi connectivity index (χ0n) is 11.9. The van der Waals surface area contributed by atoms with E-state index >= 15 is 0 Å². The fourth-order valence-corrected chi connectivity index (χ4v) is 4.53. The van der Waals surface area contributed by atoms with Gasteiger partial charge in [-0.2, -0.15) is 0 Å². The predicted octanol–water partition coefficient (Wildman–Crippen LogP) is 2.92. The molecule has 1 saturated carbocycles. The molecular weight excluding hydrogens is 272 g/mol. The molecule has 20 heavy (non-hydrogen) atoms. The molecule has 4 nitrogen and oxygen atoms in total. The first kappa shape index (κ1) is 14.0. The van der Waals surface area contributed by atoms with E-state index in [9.17, 15) is 9.90 Å². The van der Waals surface area contributed by atoms with Gasteiger partial charge in [-0.05, 0) is 31.6 Å². The Balaban J connectivity index is 1.78. The summed E-state index contributed by atoms with van der Waals surface area (Å²) in [5.74, 6) is -0.0838. The molecule has 3 atom stereocenters. The number of carboxylic acid groups (broad SMARTS) is 1. The lowest BCUT2D eigenvalue weighted by molar-refractivity contribution is -0.142. The highest BCUT2D eigenvalue weighted by atomic mass is 32.1. The number of fused-ring (bicyclic) bond motifs is 1. The van der Waals surface area contributed by atoms with Crippen LogP contribution in [0.4, 0.5) is 0 Å². The van der Waals surface area contributed by atoms with E-state index in [-0.39, 0.29) is 6.04 Å². The van der Waals surface area contributed by atoms with Crippen molar-refractivity contribution in [3.63, 3.8) is 0 Å². The summed E-state index contributed by atoms with van der Waals surface area (Å²) in [7, 11) is 0. The molecule has 3 rings (SSSR count). The van der Waals surface area contributed by atoms with Crippen molar-refractivity contribution in [2.24, 2.45) is 5.92 Å². The predicted molar refractivity (Wildman–Crippen MR) is 78.8 cm³/mol. The number of thiazole rings is 1. The molecule has 5 heteroatoms. The molecule has 0 aromatic carbocycles. The third-order valence-corrected chi connectivity index (χ3v) is 5.79. The first-order valence-electron chi connectivity index (χ1n) is 7.61. The second kappa shape index (κ2) is 5.82. The number of nitrogens with zero attached hydrogens (tertiary/aromatic N) is 2. The SMILES string of the molecule is CCc1nc(CN2[C@@H]3CCCC[C@@H]3C[C@H]2C(=O)O)cs1. The summed E-state index contributed by atoms with van der Waals surface area (Å²) < 4.78 is 0. The van der Waals surface area contributed by atoms with Crippen LogP contribution in [0.2, 0.25) is 0 Å². The van der Waals surface area contributed by atoms with Crippen molar-refractivity contribution in [2.45, 2.75) is 64.1 Å². The van der Waals surface area contributed by atoms with Gasteiger partial charge >= 0.3 is 5.97 Å². The van der Waals surface area contributed by atoms with Crippen molar-refractivity contribution < 1.29 is 9.90 Å². The Morgan fingerprint density at radius 2 is 2.30 bits per heavy atom. The molecule has 1 aromatic rings. The van der Waals surface area contributed by atoms with E-state index in [1.165, 1.54) is 19.3 Å². The molecule has 0 spiro atoms. The van der Waals surface area contributed by atoms with Gasteiger partial charge in [0.15, 0.2) is 0 Å². The van der Waals surface area contributed by atoms with Crippen LogP contribution >= 0.6 is 11.3 Å². The third kappa shape index (κ3) is 2.61. The number of hydrogen-bond donors (Lipinski definition) is 1. The van der Waals surface area contributed by atoms with Crippen molar-refractivity contribution in [1.82, 2.24) is 9.88 Å². The zero-order valence-corrected chi connectivity index (χ0v) is 12.7. The van der Waals surface area contributed by atoms with Gasteiger partial charge in [0.25, 0.3) is 0 Å². The maximum atomic E-state index is 11.5. The molecule has 1 N–H and O–H groups in total. The van der Waals surface area contributed by atoms with Crippen LogP contribution in [0.3, 0.4) is 0 Å². The van der Waals surface area contributed by atoms with Gasteiger partial charge in [-0.3, -0.25) is 9.69 Å². The van der Waals surface area contributed by atoms with E-state index in [0.29, 0.717) is 18.5 Å². The summed E-state index contributed by atoms with van der Waals surface area (Å²) >= 11 is 1.69. The van der Waals surface area contributed by atoms with Crippen LogP contribution in [-0.4, -0.2) is 33.0 Å². The monoisotopic (exact) mass is 294 g/mol. The van der Waals surface area contributed by atoms with Gasteiger partial charge in [-0.1, -0.05) is 19.8 Å². The van der Waals surface area contributed by atoms with Crippen LogP contribution in [0.15, 0.2) is 5.38 Å². The number of carboxylic acids is 1. The lowest BCUT2D eigenvalue weighted by Gasteiger charge is -2.32. The Bertz CT molecular complexity index is 488. The Morgan fingerprint density at radius 1 is 1.50 bits per heavy atom. The van der Waals surface area contributed by atoms with Crippen LogP contribution in [0.25, 0.3) is 0 Å². The fourth-order valence-electron chi connectivity index (χ4n) is 3.79. The number of aryl methyl sites for hydroxylation is 1. The van der Waals surface area contributed by atoms with Gasteiger partial charge in [0.1, 0.15) is 6.04 Å². The van der Waals surface area contributed by atoms with Gasteiger partial charge in [-0.15, -0.1) is 11.3 Å². The van der Waals surface area contributed by atoms with E-state index in [2.05, 4.69) is 22.2 Å². The molecule has 2 fully saturated rings. The maximum Gasteiger partial charge on any atom is 0.320 e. The summed E-state index contributed by atoms with van der Waals surface area (Å²) in [4.78, 5) is 18.4. The minimum atomic E-state index is -0.662. The average molecular weight is 294 g/mol. The van der Waals surface area contributed by atoms with Crippen LogP contribution in [0.1, 0.15) is 49.7 Å². The quantitative estimate of drug-likeness (QED) is 0.927. The average Bonchev–Trinajstić information content (AvgIpc) is 3.04. The fraction of sp³-hybridized carbons (Fsp3) is 0.733. The van der Waals surface area contributed by atoms with Crippen LogP contribution in [0.5, 0.6) is 0 Å². The van der Waals surface area contributed by atoms with Gasteiger partial charge < -0.3 is 5.11 Å². The van der Waals surface area contributed by atoms with Crippen LogP contribution in [0, 0.1) is 5.92 Å². The topological polar surface area (TPSA) is 53.4 Å². The molecule has 0 unspecified atom stereocenters. The molecule has 1 aliphatic carbocycles. The molecule has 0 radical (unpaired) electrons. The third-order valence-electron chi connectivity index (χ3n) is 4.75. The number of aromatic nitrogens is 1.